The van der Waals surface area contributed by atoms with E-state index in [-0.39, 0.29) is 17.7 Å². The Balaban J connectivity index is 1.52. The quantitative estimate of drug-likeness (QED) is 0.786. The fraction of sp³-hybridized carbons (Fsp3) is 0.500. The number of nitrogens with one attached hydrogen (secondary N) is 2. The lowest BCUT2D eigenvalue weighted by molar-refractivity contribution is -0.127. The fourth-order valence-corrected chi connectivity index (χ4v) is 3.35. The summed E-state index contributed by atoms with van der Waals surface area (Å²) in [5.74, 6) is 0.962. The van der Waals surface area contributed by atoms with Crippen molar-refractivity contribution in [3.8, 4) is 0 Å². The second kappa shape index (κ2) is 4.99. The Hall–Kier alpha value is -1.91. The summed E-state index contributed by atoms with van der Waals surface area (Å²) in [5, 5.41) is 0. The minimum atomic E-state index is -0.307. The molecular weight excluding hydrogens is 242 g/mol. The Labute approximate surface area is 111 Å². The Morgan fingerprint density at radius 3 is 2.53 bits per heavy atom. The zero-order chi connectivity index (χ0) is 13.2. The standard InChI is InChI=1S/C14H17N3O2/c18-13(10-3-5-15-6-4-10)16-17-14(19)12-8-9-1-2-11(12)7-9/h3-6,9,11-12H,1-2,7-8H2,(H,16,18)(H,17,19)/t9-,11+,12-/m0/s1. The number of amides is 2. The largest absolute Gasteiger partial charge is 0.273 e. The number of hydrazine groups is 1. The van der Waals surface area contributed by atoms with Gasteiger partial charge in [-0.15, -0.1) is 0 Å². The molecule has 2 N–H and O–H groups in total. The Bertz CT molecular complexity index is 489. The molecule has 2 aliphatic rings. The van der Waals surface area contributed by atoms with Crippen LogP contribution in [0, 0.1) is 17.8 Å². The lowest BCUT2D eigenvalue weighted by Crippen LogP contribution is -2.45. The molecule has 2 aliphatic carbocycles. The molecule has 0 radical (unpaired) electrons. The van der Waals surface area contributed by atoms with Crippen molar-refractivity contribution >= 4 is 11.8 Å². The molecule has 0 aromatic carbocycles. The number of rotatable bonds is 2. The first kappa shape index (κ1) is 12.1. The number of aromatic nitrogens is 1. The predicted molar refractivity (Wildman–Crippen MR) is 68.8 cm³/mol. The Morgan fingerprint density at radius 1 is 1.11 bits per heavy atom. The van der Waals surface area contributed by atoms with Crippen molar-refractivity contribution in [2.24, 2.45) is 17.8 Å². The summed E-state index contributed by atoms with van der Waals surface area (Å²) in [7, 11) is 0. The Kier molecular flexibility index (Phi) is 3.19. The van der Waals surface area contributed by atoms with Gasteiger partial charge >= 0.3 is 0 Å². The van der Waals surface area contributed by atoms with Crippen LogP contribution in [0.5, 0.6) is 0 Å². The van der Waals surface area contributed by atoms with E-state index in [4.69, 9.17) is 0 Å². The summed E-state index contributed by atoms with van der Waals surface area (Å²) < 4.78 is 0. The van der Waals surface area contributed by atoms with Gasteiger partial charge in [-0.3, -0.25) is 25.4 Å². The van der Waals surface area contributed by atoms with Crippen LogP contribution in [-0.4, -0.2) is 16.8 Å². The maximum atomic E-state index is 12.0. The number of carbonyl (C=O) groups excluding carboxylic acids is 2. The van der Waals surface area contributed by atoms with E-state index in [9.17, 15) is 9.59 Å². The zero-order valence-electron chi connectivity index (χ0n) is 10.6. The monoisotopic (exact) mass is 259 g/mol. The van der Waals surface area contributed by atoms with Crippen molar-refractivity contribution in [3.63, 3.8) is 0 Å². The maximum Gasteiger partial charge on any atom is 0.269 e. The molecule has 3 rings (SSSR count). The molecule has 2 saturated carbocycles. The molecule has 5 heteroatoms. The average Bonchev–Trinajstić information content (AvgIpc) is 3.08. The molecule has 0 unspecified atom stereocenters. The van der Waals surface area contributed by atoms with Crippen LogP contribution in [0.2, 0.25) is 0 Å². The average molecular weight is 259 g/mol. The number of nitrogens with zero attached hydrogens (tertiary/aromatic N) is 1. The summed E-state index contributed by atoms with van der Waals surface area (Å²) in [4.78, 5) is 27.6. The topological polar surface area (TPSA) is 71.1 Å². The first-order chi connectivity index (χ1) is 9.24. The summed E-state index contributed by atoms with van der Waals surface area (Å²) in [6.07, 6.45) is 7.66. The van der Waals surface area contributed by atoms with Gasteiger partial charge in [-0.2, -0.15) is 0 Å². The van der Waals surface area contributed by atoms with Gasteiger partial charge in [-0.25, -0.2) is 0 Å². The van der Waals surface area contributed by atoms with Gasteiger partial charge in [-0.1, -0.05) is 6.42 Å². The van der Waals surface area contributed by atoms with Gasteiger partial charge in [0.05, 0.1) is 0 Å². The van der Waals surface area contributed by atoms with Crippen LogP contribution in [0.3, 0.4) is 0 Å². The van der Waals surface area contributed by atoms with Crippen LogP contribution >= 0.6 is 0 Å². The van der Waals surface area contributed by atoms with E-state index in [0.717, 1.165) is 18.8 Å². The molecule has 1 aromatic heterocycles. The number of hydrogen-bond acceptors (Lipinski definition) is 3. The van der Waals surface area contributed by atoms with Gasteiger partial charge in [-0.05, 0) is 43.2 Å². The second-order valence-electron chi connectivity index (χ2n) is 5.46. The molecule has 2 amide bonds. The molecule has 2 fully saturated rings. The van der Waals surface area contributed by atoms with Crippen molar-refractivity contribution in [1.82, 2.24) is 15.8 Å². The predicted octanol–water partition coefficient (Wildman–Crippen LogP) is 1.28. The van der Waals surface area contributed by atoms with E-state index in [1.165, 1.54) is 12.8 Å². The summed E-state index contributed by atoms with van der Waals surface area (Å²) in [5.41, 5.74) is 5.51. The van der Waals surface area contributed by atoms with E-state index in [1.54, 1.807) is 24.5 Å². The van der Waals surface area contributed by atoms with Gasteiger partial charge < -0.3 is 0 Å². The minimum absolute atomic E-state index is 0.0467. The minimum Gasteiger partial charge on any atom is -0.273 e. The van der Waals surface area contributed by atoms with Crippen molar-refractivity contribution in [1.29, 1.82) is 0 Å². The molecule has 100 valence electrons. The summed E-state index contributed by atoms with van der Waals surface area (Å²) in [6.45, 7) is 0. The van der Waals surface area contributed by atoms with Gasteiger partial charge in [0, 0.05) is 23.9 Å². The SMILES string of the molecule is O=C(NNC(=O)[C@H]1C[C@H]2CC[C@@H]1C2)c1ccncc1. The van der Waals surface area contributed by atoms with Crippen molar-refractivity contribution in [2.75, 3.05) is 0 Å². The first-order valence-electron chi connectivity index (χ1n) is 6.74. The smallest absolute Gasteiger partial charge is 0.269 e. The highest BCUT2D eigenvalue weighted by molar-refractivity contribution is 5.95. The van der Waals surface area contributed by atoms with Crippen molar-refractivity contribution < 1.29 is 9.59 Å². The van der Waals surface area contributed by atoms with Gasteiger partial charge in [0.15, 0.2) is 0 Å². The van der Waals surface area contributed by atoms with E-state index in [1.807, 2.05) is 0 Å². The summed E-state index contributed by atoms with van der Waals surface area (Å²) in [6, 6.07) is 3.22. The molecule has 5 nitrogen and oxygen atoms in total. The number of pyridine rings is 1. The van der Waals surface area contributed by atoms with Crippen molar-refractivity contribution in [2.45, 2.75) is 25.7 Å². The number of carbonyl (C=O) groups is 2. The lowest BCUT2D eigenvalue weighted by Gasteiger charge is -2.20. The highest BCUT2D eigenvalue weighted by Gasteiger charge is 2.43. The molecular formula is C14H17N3O2. The molecule has 0 spiro atoms. The molecule has 0 aliphatic heterocycles. The molecule has 1 heterocycles. The second-order valence-corrected chi connectivity index (χ2v) is 5.46. The fourth-order valence-electron chi connectivity index (χ4n) is 3.35. The highest BCUT2D eigenvalue weighted by atomic mass is 16.2. The molecule has 2 bridgehead atoms. The van der Waals surface area contributed by atoms with E-state index in [0.29, 0.717) is 11.5 Å². The van der Waals surface area contributed by atoms with Crippen LogP contribution in [0.1, 0.15) is 36.0 Å². The molecule has 3 atom stereocenters. The van der Waals surface area contributed by atoms with E-state index < -0.39 is 0 Å². The third-order valence-electron chi connectivity index (χ3n) is 4.32. The zero-order valence-corrected chi connectivity index (χ0v) is 10.6. The van der Waals surface area contributed by atoms with Crippen LogP contribution in [0.15, 0.2) is 24.5 Å². The normalized spacial score (nSPS) is 28.1. The van der Waals surface area contributed by atoms with Crippen LogP contribution in [-0.2, 0) is 4.79 Å². The van der Waals surface area contributed by atoms with E-state index >= 15 is 0 Å². The maximum absolute atomic E-state index is 12.0. The van der Waals surface area contributed by atoms with Gasteiger partial charge in [0.2, 0.25) is 5.91 Å². The first-order valence-corrected chi connectivity index (χ1v) is 6.74. The lowest BCUT2D eigenvalue weighted by atomic mass is 9.88. The number of hydrogen-bond donors (Lipinski definition) is 2. The summed E-state index contributed by atoms with van der Waals surface area (Å²) >= 11 is 0. The van der Waals surface area contributed by atoms with E-state index in [2.05, 4.69) is 15.8 Å². The molecule has 1 aromatic rings. The van der Waals surface area contributed by atoms with Crippen LogP contribution in [0.25, 0.3) is 0 Å². The highest BCUT2D eigenvalue weighted by Crippen LogP contribution is 2.48. The van der Waals surface area contributed by atoms with Gasteiger partial charge in [0.25, 0.3) is 5.91 Å². The number of fused-ring (bicyclic) bond motifs is 2. The van der Waals surface area contributed by atoms with Crippen LogP contribution in [0.4, 0.5) is 0 Å². The van der Waals surface area contributed by atoms with Crippen molar-refractivity contribution in [3.05, 3.63) is 30.1 Å². The van der Waals surface area contributed by atoms with Crippen LogP contribution < -0.4 is 10.9 Å². The van der Waals surface area contributed by atoms with Gasteiger partial charge in [0.1, 0.15) is 0 Å². The third-order valence-corrected chi connectivity index (χ3v) is 4.32. The Morgan fingerprint density at radius 2 is 1.89 bits per heavy atom. The third kappa shape index (κ3) is 2.45. The molecule has 0 saturated heterocycles. The molecule has 19 heavy (non-hydrogen) atoms.